The molecule has 0 aliphatic rings. The first kappa shape index (κ1) is 14.1. The van der Waals surface area contributed by atoms with Gasteiger partial charge in [0.2, 0.25) is 5.95 Å². The van der Waals surface area contributed by atoms with Crippen molar-refractivity contribution in [2.45, 2.75) is 40.2 Å². The summed E-state index contributed by atoms with van der Waals surface area (Å²) in [7, 11) is 0. The summed E-state index contributed by atoms with van der Waals surface area (Å²) in [5, 5.41) is 3.43. The molecule has 0 unspecified atom stereocenters. The molecule has 0 atom stereocenters. The lowest BCUT2D eigenvalue weighted by Crippen LogP contribution is -2.04. The molecule has 0 saturated carbocycles. The minimum absolute atomic E-state index is 0.904. The summed E-state index contributed by atoms with van der Waals surface area (Å²) >= 11 is 3.62. The summed E-state index contributed by atoms with van der Waals surface area (Å²) in [5.74, 6) is 0.904. The third-order valence-corrected chi connectivity index (χ3v) is 3.76. The maximum absolute atomic E-state index is 4.40. The minimum atomic E-state index is 0.904. The van der Waals surface area contributed by atoms with Crippen molar-refractivity contribution in [3.63, 3.8) is 0 Å². The molecule has 0 amide bonds. The molecule has 0 aliphatic carbocycles. The monoisotopic (exact) mass is 321 g/mol. The molecule has 1 heterocycles. The SMILES string of the molecule is CCCCn1ccnc1Nc1c(C)cc(C)cc1Br. The fraction of sp³-hybridized carbons (Fsp3) is 0.400. The summed E-state index contributed by atoms with van der Waals surface area (Å²) in [6.45, 7) is 7.41. The van der Waals surface area contributed by atoms with Crippen molar-refractivity contribution in [2.24, 2.45) is 0 Å². The number of aryl methyl sites for hydroxylation is 3. The van der Waals surface area contributed by atoms with E-state index in [1.165, 1.54) is 24.0 Å². The van der Waals surface area contributed by atoms with E-state index in [1.807, 2.05) is 12.4 Å². The van der Waals surface area contributed by atoms with Crippen molar-refractivity contribution in [1.82, 2.24) is 9.55 Å². The minimum Gasteiger partial charge on any atom is -0.324 e. The van der Waals surface area contributed by atoms with E-state index in [2.05, 4.69) is 63.7 Å². The Morgan fingerprint density at radius 3 is 2.79 bits per heavy atom. The van der Waals surface area contributed by atoms with Crippen molar-refractivity contribution in [3.05, 3.63) is 40.1 Å². The number of nitrogens with zero attached hydrogens (tertiary/aromatic N) is 2. The molecular formula is C15H20BrN3. The molecule has 19 heavy (non-hydrogen) atoms. The van der Waals surface area contributed by atoms with Gasteiger partial charge in [0.1, 0.15) is 0 Å². The Balaban J connectivity index is 2.24. The number of hydrogen-bond acceptors (Lipinski definition) is 2. The van der Waals surface area contributed by atoms with Crippen molar-refractivity contribution >= 4 is 27.6 Å². The molecular weight excluding hydrogens is 302 g/mol. The van der Waals surface area contributed by atoms with Gasteiger partial charge in [0.25, 0.3) is 0 Å². The van der Waals surface area contributed by atoms with Gasteiger partial charge < -0.3 is 9.88 Å². The molecule has 0 spiro atoms. The largest absolute Gasteiger partial charge is 0.324 e. The Labute approximate surface area is 123 Å². The van der Waals surface area contributed by atoms with Gasteiger partial charge in [-0.05, 0) is 53.4 Å². The zero-order valence-corrected chi connectivity index (χ0v) is 13.3. The summed E-state index contributed by atoms with van der Waals surface area (Å²) < 4.78 is 3.24. The smallest absolute Gasteiger partial charge is 0.207 e. The number of benzene rings is 1. The first-order valence-corrected chi connectivity index (χ1v) is 7.46. The molecule has 1 aromatic carbocycles. The topological polar surface area (TPSA) is 29.9 Å². The molecule has 4 heteroatoms. The second kappa shape index (κ2) is 6.24. The van der Waals surface area contributed by atoms with Crippen LogP contribution >= 0.6 is 15.9 Å². The lowest BCUT2D eigenvalue weighted by molar-refractivity contribution is 0.638. The van der Waals surface area contributed by atoms with E-state index in [1.54, 1.807) is 0 Å². The highest BCUT2D eigenvalue weighted by atomic mass is 79.9. The summed E-state index contributed by atoms with van der Waals surface area (Å²) in [6, 6.07) is 4.29. The highest BCUT2D eigenvalue weighted by Crippen LogP contribution is 2.30. The maximum atomic E-state index is 4.40. The van der Waals surface area contributed by atoms with Crippen molar-refractivity contribution < 1.29 is 0 Å². The van der Waals surface area contributed by atoms with Gasteiger partial charge in [-0.2, -0.15) is 0 Å². The third-order valence-electron chi connectivity index (χ3n) is 3.14. The molecule has 3 nitrogen and oxygen atoms in total. The van der Waals surface area contributed by atoms with Gasteiger partial charge in [0.15, 0.2) is 0 Å². The quantitative estimate of drug-likeness (QED) is 0.856. The third kappa shape index (κ3) is 3.38. The van der Waals surface area contributed by atoms with Gasteiger partial charge >= 0.3 is 0 Å². The number of halogens is 1. The van der Waals surface area contributed by atoms with Crippen molar-refractivity contribution in [3.8, 4) is 0 Å². The van der Waals surface area contributed by atoms with Crippen LogP contribution in [0.5, 0.6) is 0 Å². The summed E-state index contributed by atoms with van der Waals surface area (Å²) in [5.41, 5.74) is 3.57. The van der Waals surface area contributed by atoms with Gasteiger partial charge in [0, 0.05) is 23.4 Å². The van der Waals surface area contributed by atoms with Crippen LogP contribution in [0.2, 0.25) is 0 Å². The Bertz CT molecular complexity index is 537. The van der Waals surface area contributed by atoms with Gasteiger partial charge in [-0.25, -0.2) is 4.98 Å². The Morgan fingerprint density at radius 1 is 1.32 bits per heavy atom. The lowest BCUT2D eigenvalue weighted by atomic mass is 10.1. The van der Waals surface area contributed by atoms with E-state index in [0.29, 0.717) is 0 Å². The first-order chi connectivity index (χ1) is 9.11. The van der Waals surface area contributed by atoms with Gasteiger partial charge in [0.05, 0.1) is 5.69 Å². The Kier molecular flexibility index (Phi) is 4.64. The van der Waals surface area contributed by atoms with Crippen molar-refractivity contribution in [2.75, 3.05) is 5.32 Å². The fourth-order valence-electron chi connectivity index (χ4n) is 2.13. The van der Waals surface area contributed by atoms with Crippen LogP contribution < -0.4 is 5.32 Å². The van der Waals surface area contributed by atoms with Crippen LogP contribution in [-0.4, -0.2) is 9.55 Å². The Morgan fingerprint density at radius 2 is 2.11 bits per heavy atom. The molecule has 2 rings (SSSR count). The Hall–Kier alpha value is -1.29. The maximum Gasteiger partial charge on any atom is 0.207 e. The van der Waals surface area contributed by atoms with Crippen molar-refractivity contribution in [1.29, 1.82) is 0 Å². The van der Waals surface area contributed by atoms with E-state index in [-0.39, 0.29) is 0 Å². The fourth-order valence-corrected chi connectivity index (χ4v) is 2.90. The average Bonchev–Trinajstić information content (AvgIpc) is 2.78. The molecule has 0 bridgehead atoms. The molecule has 1 N–H and O–H groups in total. The average molecular weight is 322 g/mol. The molecule has 2 aromatic rings. The predicted octanol–water partition coefficient (Wildman–Crippen LogP) is 4.81. The number of aromatic nitrogens is 2. The molecule has 102 valence electrons. The van der Waals surface area contributed by atoms with Crippen LogP contribution in [0, 0.1) is 13.8 Å². The van der Waals surface area contributed by atoms with E-state index in [4.69, 9.17) is 0 Å². The van der Waals surface area contributed by atoms with Crippen LogP contribution in [0.4, 0.5) is 11.6 Å². The number of imidazole rings is 1. The van der Waals surface area contributed by atoms with Gasteiger partial charge in [-0.3, -0.25) is 0 Å². The number of hydrogen-bond donors (Lipinski definition) is 1. The molecule has 0 aliphatic heterocycles. The van der Waals surface area contributed by atoms with Crippen LogP contribution in [0.25, 0.3) is 0 Å². The second-order valence-corrected chi connectivity index (χ2v) is 5.72. The van der Waals surface area contributed by atoms with Gasteiger partial charge in [-0.1, -0.05) is 19.4 Å². The van der Waals surface area contributed by atoms with Crippen LogP contribution in [0.1, 0.15) is 30.9 Å². The van der Waals surface area contributed by atoms with E-state index < -0.39 is 0 Å². The number of rotatable bonds is 5. The molecule has 0 radical (unpaired) electrons. The van der Waals surface area contributed by atoms with Crippen LogP contribution in [0.3, 0.4) is 0 Å². The summed E-state index contributed by atoms with van der Waals surface area (Å²) in [6.07, 6.45) is 6.22. The van der Waals surface area contributed by atoms with E-state index in [9.17, 15) is 0 Å². The normalized spacial score (nSPS) is 10.7. The molecule has 1 aromatic heterocycles. The number of nitrogens with one attached hydrogen (secondary N) is 1. The molecule has 0 saturated heterocycles. The highest BCUT2D eigenvalue weighted by Gasteiger charge is 2.08. The number of anilines is 2. The van der Waals surface area contributed by atoms with Gasteiger partial charge in [-0.15, -0.1) is 0 Å². The first-order valence-electron chi connectivity index (χ1n) is 6.66. The predicted molar refractivity (Wildman–Crippen MR) is 84.0 cm³/mol. The zero-order valence-electron chi connectivity index (χ0n) is 11.7. The van der Waals surface area contributed by atoms with E-state index in [0.717, 1.165) is 22.7 Å². The lowest BCUT2D eigenvalue weighted by Gasteiger charge is -2.14. The number of unbranched alkanes of at least 4 members (excludes halogenated alkanes) is 1. The zero-order chi connectivity index (χ0) is 13.8. The summed E-state index contributed by atoms with van der Waals surface area (Å²) in [4.78, 5) is 4.40. The second-order valence-electron chi connectivity index (χ2n) is 4.86. The highest BCUT2D eigenvalue weighted by molar-refractivity contribution is 9.10. The molecule has 0 fully saturated rings. The van der Waals surface area contributed by atoms with Crippen LogP contribution in [0.15, 0.2) is 29.0 Å². The standard InChI is InChI=1S/C15H20BrN3/c1-4-5-7-19-8-6-17-15(19)18-14-12(3)9-11(2)10-13(14)16/h6,8-10H,4-5,7H2,1-3H3,(H,17,18). The van der Waals surface area contributed by atoms with E-state index >= 15 is 0 Å². The van der Waals surface area contributed by atoms with Crippen LogP contribution in [-0.2, 0) is 6.54 Å².